The normalized spacial score (nSPS) is 10.2. The van der Waals surface area contributed by atoms with Gasteiger partial charge in [0, 0.05) is 32.0 Å². The fourth-order valence-corrected chi connectivity index (χ4v) is 3.09. The molecule has 0 unspecified atom stereocenters. The standard InChI is InChI=1S/C24H31N3O7/c1-31-13-5-12-27(24(30)20-11-10-19(33-3)14-21(20)34-4)16-23(29)25-15-22(28)26-17-6-8-18(32-2)9-7-17/h6-11,14H,5,12-13,15-16H2,1-4H3,(H,25,29)(H,26,28). The summed E-state index contributed by atoms with van der Waals surface area (Å²) in [5.74, 6) is 0.294. The van der Waals surface area contributed by atoms with E-state index in [4.69, 9.17) is 18.9 Å². The number of hydrogen-bond acceptors (Lipinski definition) is 7. The summed E-state index contributed by atoms with van der Waals surface area (Å²) in [4.78, 5) is 39.3. The van der Waals surface area contributed by atoms with Crippen LogP contribution in [0.2, 0.25) is 0 Å². The molecule has 2 N–H and O–H groups in total. The zero-order valence-electron chi connectivity index (χ0n) is 19.9. The largest absolute Gasteiger partial charge is 0.497 e. The molecule has 3 amide bonds. The molecule has 2 aromatic carbocycles. The van der Waals surface area contributed by atoms with Crippen molar-refractivity contribution in [2.24, 2.45) is 0 Å². The monoisotopic (exact) mass is 473 g/mol. The summed E-state index contributed by atoms with van der Waals surface area (Å²) in [6.07, 6.45) is 0.534. The average Bonchev–Trinajstić information content (AvgIpc) is 2.86. The van der Waals surface area contributed by atoms with Gasteiger partial charge in [0.15, 0.2) is 0 Å². The van der Waals surface area contributed by atoms with Crippen LogP contribution < -0.4 is 24.8 Å². The van der Waals surface area contributed by atoms with E-state index in [9.17, 15) is 14.4 Å². The molecule has 184 valence electrons. The number of hydrogen-bond donors (Lipinski definition) is 2. The van der Waals surface area contributed by atoms with Crippen LogP contribution in [-0.4, -0.2) is 77.3 Å². The number of rotatable bonds is 13. The Labute approximate surface area is 199 Å². The third kappa shape index (κ3) is 7.96. The Balaban J connectivity index is 2.00. The molecular formula is C24H31N3O7. The molecule has 0 saturated carbocycles. The van der Waals surface area contributed by atoms with Crippen molar-refractivity contribution in [3.8, 4) is 17.2 Å². The first-order valence-corrected chi connectivity index (χ1v) is 10.6. The van der Waals surface area contributed by atoms with Crippen LogP contribution in [0.1, 0.15) is 16.8 Å². The summed E-state index contributed by atoms with van der Waals surface area (Å²) in [5.41, 5.74) is 0.869. The maximum Gasteiger partial charge on any atom is 0.258 e. The van der Waals surface area contributed by atoms with E-state index in [1.807, 2.05) is 0 Å². The first kappa shape index (κ1) is 26.5. The van der Waals surface area contributed by atoms with E-state index in [2.05, 4.69) is 10.6 Å². The second kappa shape index (κ2) is 13.7. The van der Waals surface area contributed by atoms with Gasteiger partial charge in [-0.3, -0.25) is 14.4 Å². The summed E-state index contributed by atoms with van der Waals surface area (Å²) in [6, 6.07) is 11.6. The Kier molecular flexibility index (Phi) is 10.7. The summed E-state index contributed by atoms with van der Waals surface area (Å²) in [6.45, 7) is 0.243. The molecule has 10 heteroatoms. The number of methoxy groups -OCH3 is 4. The Morgan fingerprint density at radius 1 is 0.853 bits per heavy atom. The highest BCUT2D eigenvalue weighted by Crippen LogP contribution is 2.26. The molecule has 0 aliphatic heterocycles. The Morgan fingerprint density at radius 3 is 2.15 bits per heavy atom. The van der Waals surface area contributed by atoms with E-state index in [0.717, 1.165) is 0 Å². The maximum atomic E-state index is 13.2. The number of benzene rings is 2. The van der Waals surface area contributed by atoms with Gasteiger partial charge in [-0.25, -0.2) is 0 Å². The van der Waals surface area contributed by atoms with Crippen LogP contribution in [0.4, 0.5) is 5.69 Å². The quantitative estimate of drug-likeness (QED) is 0.427. The Bertz CT molecular complexity index is 964. The molecule has 0 saturated heterocycles. The maximum absolute atomic E-state index is 13.2. The van der Waals surface area contributed by atoms with Crippen LogP contribution in [-0.2, 0) is 14.3 Å². The molecule has 0 aliphatic rings. The summed E-state index contributed by atoms with van der Waals surface area (Å²) < 4.78 is 20.6. The van der Waals surface area contributed by atoms with Crippen LogP contribution >= 0.6 is 0 Å². The van der Waals surface area contributed by atoms with Crippen molar-refractivity contribution in [3.63, 3.8) is 0 Å². The van der Waals surface area contributed by atoms with Gasteiger partial charge in [0.1, 0.15) is 17.2 Å². The first-order valence-electron chi connectivity index (χ1n) is 10.6. The van der Waals surface area contributed by atoms with E-state index >= 15 is 0 Å². The minimum Gasteiger partial charge on any atom is -0.497 e. The van der Waals surface area contributed by atoms with Gasteiger partial charge in [-0.15, -0.1) is 0 Å². The summed E-state index contributed by atoms with van der Waals surface area (Å²) in [7, 11) is 6.08. The molecule has 0 spiro atoms. The Hall–Kier alpha value is -3.79. The van der Waals surface area contributed by atoms with Crippen molar-refractivity contribution in [1.29, 1.82) is 0 Å². The topological polar surface area (TPSA) is 115 Å². The molecule has 0 bridgehead atoms. The minimum absolute atomic E-state index is 0.229. The third-order valence-electron chi connectivity index (χ3n) is 4.86. The van der Waals surface area contributed by atoms with E-state index in [0.29, 0.717) is 41.5 Å². The van der Waals surface area contributed by atoms with Crippen molar-refractivity contribution < 1.29 is 33.3 Å². The average molecular weight is 474 g/mol. The number of nitrogens with zero attached hydrogens (tertiary/aromatic N) is 1. The molecular weight excluding hydrogens is 442 g/mol. The molecule has 0 radical (unpaired) electrons. The number of anilines is 1. The van der Waals surface area contributed by atoms with Crippen LogP contribution in [0, 0.1) is 0 Å². The SMILES string of the molecule is COCCCN(CC(=O)NCC(=O)Nc1ccc(OC)cc1)C(=O)c1ccc(OC)cc1OC. The lowest BCUT2D eigenvalue weighted by Gasteiger charge is -2.23. The lowest BCUT2D eigenvalue weighted by atomic mass is 10.1. The van der Waals surface area contributed by atoms with Gasteiger partial charge in [-0.2, -0.15) is 0 Å². The zero-order valence-corrected chi connectivity index (χ0v) is 19.9. The van der Waals surface area contributed by atoms with Crippen molar-refractivity contribution in [1.82, 2.24) is 10.2 Å². The van der Waals surface area contributed by atoms with E-state index in [1.165, 1.54) is 19.1 Å². The molecule has 0 aromatic heterocycles. The lowest BCUT2D eigenvalue weighted by molar-refractivity contribution is -0.124. The molecule has 2 aromatic rings. The van der Waals surface area contributed by atoms with Gasteiger partial charge in [0.25, 0.3) is 5.91 Å². The van der Waals surface area contributed by atoms with Crippen LogP contribution in [0.5, 0.6) is 17.2 Å². The van der Waals surface area contributed by atoms with Gasteiger partial charge in [0.05, 0.1) is 40.0 Å². The first-order chi connectivity index (χ1) is 16.4. The van der Waals surface area contributed by atoms with Gasteiger partial charge in [-0.05, 0) is 42.8 Å². The highest BCUT2D eigenvalue weighted by Gasteiger charge is 2.22. The fraction of sp³-hybridized carbons (Fsp3) is 0.375. The van der Waals surface area contributed by atoms with Gasteiger partial charge < -0.3 is 34.5 Å². The zero-order chi connectivity index (χ0) is 24.9. The highest BCUT2D eigenvalue weighted by atomic mass is 16.5. The molecule has 0 aliphatic carbocycles. The van der Waals surface area contributed by atoms with Crippen LogP contribution in [0.3, 0.4) is 0 Å². The number of carbonyl (C=O) groups is 3. The number of ether oxygens (including phenoxy) is 4. The van der Waals surface area contributed by atoms with Crippen molar-refractivity contribution >= 4 is 23.4 Å². The Morgan fingerprint density at radius 2 is 1.53 bits per heavy atom. The molecule has 10 nitrogen and oxygen atoms in total. The minimum atomic E-state index is -0.469. The molecule has 2 rings (SSSR count). The second-order valence-electron chi connectivity index (χ2n) is 7.19. The molecule has 0 atom stereocenters. The molecule has 34 heavy (non-hydrogen) atoms. The van der Waals surface area contributed by atoms with Crippen molar-refractivity contribution in [2.45, 2.75) is 6.42 Å². The van der Waals surface area contributed by atoms with E-state index in [-0.39, 0.29) is 25.5 Å². The lowest BCUT2D eigenvalue weighted by Crippen LogP contribution is -2.43. The third-order valence-corrected chi connectivity index (χ3v) is 4.86. The van der Waals surface area contributed by atoms with Crippen molar-refractivity contribution in [3.05, 3.63) is 48.0 Å². The fourth-order valence-electron chi connectivity index (χ4n) is 3.09. The van der Waals surface area contributed by atoms with Crippen LogP contribution in [0.15, 0.2) is 42.5 Å². The highest BCUT2D eigenvalue weighted by molar-refractivity contribution is 6.00. The molecule has 0 heterocycles. The smallest absolute Gasteiger partial charge is 0.258 e. The predicted octanol–water partition coefficient (Wildman–Crippen LogP) is 1.95. The van der Waals surface area contributed by atoms with Gasteiger partial charge in [0.2, 0.25) is 11.8 Å². The number of amides is 3. The van der Waals surface area contributed by atoms with Gasteiger partial charge in [-0.1, -0.05) is 0 Å². The predicted molar refractivity (Wildman–Crippen MR) is 127 cm³/mol. The van der Waals surface area contributed by atoms with E-state index < -0.39 is 11.8 Å². The number of carbonyl (C=O) groups excluding carboxylic acids is 3. The van der Waals surface area contributed by atoms with Crippen LogP contribution in [0.25, 0.3) is 0 Å². The van der Waals surface area contributed by atoms with E-state index in [1.54, 1.807) is 56.7 Å². The summed E-state index contributed by atoms with van der Waals surface area (Å²) >= 11 is 0. The number of nitrogens with one attached hydrogen (secondary N) is 2. The van der Waals surface area contributed by atoms with Crippen molar-refractivity contribution in [2.75, 3.05) is 60.0 Å². The second-order valence-corrected chi connectivity index (χ2v) is 7.19. The van der Waals surface area contributed by atoms with Gasteiger partial charge >= 0.3 is 0 Å². The summed E-state index contributed by atoms with van der Waals surface area (Å²) in [5, 5.41) is 5.23. The molecule has 0 fully saturated rings.